The van der Waals surface area contributed by atoms with Crippen LogP contribution in [0.1, 0.15) is 37.0 Å². The van der Waals surface area contributed by atoms with Gasteiger partial charge in [-0.25, -0.2) is 15.0 Å². The fraction of sp³-hybridized carbons (Fsp3) is 0.583. The van der Waals surface area contributed by atoms with Crippen molar-refractivity contribution in [2.75, 3.05) is 6.61 Å². The highest BCUT2D eigenvalue weighted by atomic mass is 16.5. The minimum atomic E-state index is 0.0856. The number of hydrogen-bond acceptors (Lipinski definition) is 4. The van der Waals surface area contributed by atoms with Gasteiger partial charge in [0.1, 0.15) is 17.6 Å². The van der Waals surface area contributed by atoms with E-state index in [0.29, 0.717) is 0 Å². The molecular weight excluding hydrogens is 216 g/mol. The Balaban J connectivity index is 2.10. The summed E-state index contributed by atoms with van der Waals surface area (Å²) in [7, 11) is 0. The van der Waals surface area contributed by atoms with Gasteiger partial charge >= 0.3 is 0 Å². The van der Waals surface area contributed by atoms with Crippen LogP contribution in [-0.2, 0) is 4.74 Å². The molecule has 5 nitrogen and oxygen atoms in total. The SMILES string of the molecule is Cc1nc(C)c2ncn(C3CCCCO3)c2n1. The Morgan fingerprint density at radius 1 is 1.29 bits per heavy atom. The second-order valence-corrected chi connectivity index (χ2v) is 4.50. The lowest BCUT2D eigenvalue weighted by atomic mass is 10.2. The van der Waals surface area contributed by atoms with E-state index in [0.717, 1.165) is 42.1 Å². The lowest BCUT2D eigenvalue weighted by Gasteiger charge is -2.23. The molecule has 1 aliphatic rings. The van der Waals surface area contributed by atoms with E-state index >= 15 is 0 Å². The highest BCUT2D eigenvalue weighted by Crippen LogP contribution is 2.26. The molecule has 2 aromatic rings. The molecule has 5 heteroatoms. The summed E-state index contributed by atoms with van der Waals surface area (Å²) < 4.78 is 7.81. The molecule has 0 N–H and O–H groups in total. The zero-order chi connectivity index (χ0) is 11.8. The Hall–Kier alpha value is -1.49. The van der Waals surface area contributed by atoms with E-state index in [-0.39, 0.29) is 6.23 Å². The van der Waals surface area contributed by atoms with Gasteiger partial charge in [0.15, 0.2) is 5.65 Å². The maximum Gasteiger partial charge on any atom is 0.165 e. The maximum atomic E-state index is 5.77. The van der Waals surface area contributed by atoms with Crippen LogP contribution in [0.2, 0.25) is 0 Å². The minimum Gasteiger partial charge on any atom is -0.358 e. The van der Waals surface area contributed by atoms with Crippen LogP contribution in [0.4, 0.5) is 0 Å². The molecule has 0 aliphatic carbocycles. The van der Waals surface area contributed by atoms with E-state index in [1.54, 1.807) is 0 Å². The van der Waals surface area contributed by atoms with Gasteiger partial charge in [0.25, 0.3) is 0 Å². The third-order valence-corrected chi connectivity index (χ3v) is 3.17. The average Bonchev–Trinajstić information content (AvgIpc) is 2.74. The summed E-state index contributed by atoms with van der Waals surface area (Å²) in [5.74, 6) is 0.785. The van der Waals surface area contributed by atoms with Crippen LogP contribution in [0.25, 0.3) is 11.2 Å². The molecule has 0 amide bonds. The Labute approximate surface area is 99.9 Å². The predicted octanol–water partition coefficient (Wildman–Crippen LogP) is 2.14. The Morgan fingerprint density at radius 3 is 2.94 bits per heavy atom. The Morgan fingerprint density at radius 2 is 2.18 bits per heavy atom. The smallest absolute Gasteiger partial charge is 0.165 e. The van der Waals surface area contributed by atoms with Crippen molar-refractivity contribution in [2.45, 2.75) is 39.3 Å². The van der Waals surface area contributed by atoms with Gasteiger partial charge in [-0.3, -0.25) is 4.57 Å². The number of imidazole rings is 1. The summed E-state index contributed by atoms with van der Waals surface area (Å²) in [5, 5.41) is 0. The first kappa shape index (κ1) is 10.7. The second-order valence-electron chi connectivity index (χ2n) is 4.50. The zero-order valence-corrected chi connectivity index (χ0v) is 10.2. The zero-order valence-electron chi connectivity index (χ0n) is 10.2. The average molecular weight is 232 g/mol. The number of aryl methyl sites for hydroxylation is 2. The normalized spacial score (nSPS) is 20.9. The molecule has 0 bridgehead atoms. The third kappa shape index (κ3) is 1.80. The predicted molar refractivity (Wildman–Crippen MR) is 63.6 cm³/mol. The molecule has 90 valence electrons. The topological polar surface area (TPSA) is 52.8 Å². The minimum absolute atomic E-state index is 0.0856. The highest BCUT2D eigenvalue weighted by molar-refractivity contribution is 5.73. The fourth-order valence-electron chi connectivity index (χ4n) is 2.35. The van der Waals surface area contributed by atoms with E-state index in [1.165, 1.54) is 6.42 Å². The maximum absolute atomic E-state index is 5.77. The van der Waals surface area contributed by atoms with Crippen LogP contribution < -0.4 is 0 Å². The summed E-state index contributed by atoms with van der Waals surface area (Å²) in [4.78, 5) is 13.2. The molecule has 3 rings (SSSR count). The fourth-order valence-corrected chi connectivity index (χ4v) is 2.35. The Bertz CT molecular complexity index is 543. The number of fused-ring (bicyclic) bond motifs is 1. The van der Waals surface area contributed by atoms with Crippen LogP contribution in [0.5, 0.6) is 0 Å². The largest absolute Gasteiger partial charge is 0.358 e. The van der Waals surface area contributed by atoms with Gasteiger partial charge in [0.05, 0.1) is 12.0 Å². The standard InChI is InChI=1S/C12H16N4O/c1-8-11-12(15-9(2)14-8)16(7-13-11)10-5-3-4-6-17-10/h7,10H,3-6H2,1-2H3. The molecule has 2 aromatic heterocycles. The monoisotopic (exact) mass is 232 g/mol. The first-order chi connectivity index (χ1) is 8.25. The van der Waals surface area contributed by atoms with Gasteiger partial charge in [-0.1, -0.05) is 0 Å². The van der Waals surface area contributed by atoms with Crippen LogP contribution >= 0.6 is 0 Å². The van der Waals surface area contributed by atoms with Crippen molar-refractivity contribution >= 4 is 11.2 Å². The molecule has 1 unspecified atom stereocenters. The van der Waals surface area contributed by atoms with Gasteiger partial charge in [-0.05, 0) is 33.1 Å². The molecule has 1 fully saturated rings. The quantitative estimate of drug-likeness (QED) is 0.756. The molecule has 3 heterocycles. The molecular formula is C12H16N4O. The van der Waals surface area contributed by atoms with E-state index in [2.05, 4.69) is 15.0 Å². The van der Waals surface area contributed by atoms with Gasteiger partial charge in [-0.2, -0.15) is 0 Å². The molecule has 0 aromatic carbocycles. The first-order valence-electron chi connectivity index (χ1n) is 6.05. The van der Waals surface area contributed by atoms with Crippen molar-refractivity contribution in [1.29, 1.82) is 0 Å². The lowest BCUT2D eigenvalue weighted by Crippen LogP contribution is -2.17. The summed E-state index contributed by atoms with van der Waals surface area (Å²) in [6.07, 6.45) is 5.29. The lowest BCUT2D eigenvalue weighted by molar-refractivity contribution is -0.0298. The Kier molecular flexibility index (Phi) is 2.55. The van der Waals surface area contributed by atoms with Crippen LogP contribution in [0, 0.1) is 13.8 Å². The molecule has 0 radical (unpaired) electrons. The first-order valence-corrected chi connectivity index (χ1v) is 6.05. The number of aromatic nitrogens is 4. The van der Waals surface area contributed by atoms with Gasteiger partial charge < -0.3 is 4.74 Å². The summed E-state index contributed by atoms with van der Waals surface area (Å²) in [5.41, 5.74) is 2.70. The third-order valence-electron chi connectivity index (χ3n) is 3.17. The van der Waals surface area contributed by atoms with Gasteiger partial charge in [-0.15, -0.1) is 0 Å². The van der Waals surface area contributed by atoms with Crippen molar-refractivity contribution in [3.05, 3.63) is 17.8 Å². The van der Waals surface area contributed by atoms with Crippen LogP contribution in [0.3, 0.4) is 0 Å². The number of hydrogen-bond donors (Lipinski definition) is 0. The van der Waals surface area contributed by atoms with E-state index < -0.39 is 0 Å². The van der Waals surface area contributed by atoms with E-state index in [4.69, 9.17) is 4.74 Å². The van der Waals surface area contributed by atoms with Crippen LogP contribution in [0.15, 0.2) is 6.33 Å². The van der Waals surface area contributed by atoms with E-state index in [9.17, 15) is 0 Å². The summed E-state index contributed by atoms with van der Waals surface area (Å²) in [6, 6.07) is 0. The van der Waals surface area contributed by atoms with Crippen LogP contribution in [-0.4, -0.2) is 26.1 Å². The molecule has 1 atom stereocenters. The van der Waals surface area contributed by atoms with Crippen molar-refractivity contribution in [3.8, 4) is 0 Å². The molecule has 17 heavy (non-hydrogen) atoms. The highest BCUT2D eigenvalue weighted by Gasteiger charge is 2.19. The number of rotatable bonds is 1. The summed E-state index contributed by atoms with van der Waals surface area (Å²) >= 11 is 0. The van der Waals surface area contributed by atoms with Gasteiger partial charge in [0, 0.05) is 6.61 Å². The van der Waals surface area contributed by atoms with Crippen molar-refractivity contribution < 1.29 is 4.74 Å². The molecule has 0 saturated carbocycles. The van der Waals surface area contributed by atoms with Crippen molar-refractivity contribution in [2.24, 2.45) is 0 Å². The van der Waals surface area contributed by atoms with Gasteiger partial charge in [0.2, 0.25) is 0 Å². The number of ether oxygens (including phenoxy) is 1. The second kappa shape index (κ2) is 4.07. The molecule has 1 saturated heterocycles. The van der Waals surface area contributed by atoms with E-state index in [1.807, 2.05) is 24.7 Å². The van der Waals surface area contributed by atoms with Crippen molar-refractivity contribution in [1.82, 2.24) is 19.5 Å². The number of nitrogens with zero attached hydrogens (tertiary/aromatic N) is 4. The van der Waals surface area contributed by atoms with Crippen molar-refractivity contribution in [3.63, 3.8) is 0 Å². The summed E-state index contributed by atoms with van der Waals surface area (Å²) in [6.45, 7) is 4.70. The molecule has 0 spiro atoms. The molecule has 1 aliphatic heterocycles.